The van der Waals surface area contributed by atoms with E-state index in [0.29, 0.717) is 6.07 Å². The van der Waals surface area contributed by atoms with Gasteiger partial charge in [-0.3, -0.25) is 10.1 Å². The Balaban J connectivity index is 3.03. The molecule has 3 nitrogen and oxygen atoms in total. The summed E-state index contributed by atoms with van der Waals surface area (Å²) in [6.45, 7) is 0. The van der Waals surface area contributed by atoms with E-state index >= 15 is 0 Å². The molecule has 1 N–H and O–H groups in total. The van der Waals surface area contributed by atoms with Crippen LogP contribution >= 0.6 is 0 Å². The second-order valence-corrected chi connectivity index (χ2v) is 2.19. The van der Waals surface area contributed by atoms with E-state index in [1.165, 1.54) is 6.19 Å². The minimum atomic E-state index is -0.993. The Kier molecular flexibility index (Phi) is 2.55. The quantitative estimate of drug-likeness (QED) is 0.523. The summed E-state index contributed by atoms with van der Waals surface area (Å²) >= 11 is 0. The van der Waals surface area contributed by atoms with Gasteiger partial charge in [0.05, 0.1) is 5.56 Å². The number of hydrogen-bond acceptors (Lipinski definition) is 2. The molecule has 66 valence electrons. The first kappa shape index (κ1) is 9.13. The van der Waals surface area contributed by atoms with Crippen LogP contribution in [-0.2, 0) is 0 Å². The first-order valence-electron chi connectivity index (χ1n) is 3.29. The highest BCUT2D eigenvalue weighted by Gasteiger charge is 2.11. The number of amides is 1. The van der Waals surface area contributed by atoms with Gasteiger partial charge in [-0.05, 0) is 12.1 Å². The van der Waals surface area contributed by atoms with E-state index in [0.717, 1.165) is 12.1 Å². The lowest BCUT2D eigenvalue weighted by molar-refractivity contribution is 0.0969. The van der Waals surface area contributed by atoms with Gasteiger partial charge in [0.15, 0.2) is 6.19 Å². The second-order valence-electron chi connectivity index (χ2n) is 2.19. The zero-order valence-electron chi connectivity index (χ0n) is 6.34. The molecule has 0 bridgehead atoms. The fourth-order valence-electron chi connectivity index (χ4n) is 0.792. The Labute approximate surface area is 72.6 Å². The van der Waals surface area contributed by atoms with E-state index < -0.39 is 17.5 Å². The predicted octanol–water partition coefficient (Wildman–Crippen LogP) is 1.18. The molecule has 0 aliphatic rings. The molecule has 13 heavy (non-hydrogen) atoms. The van der Waals surface area contributed by atoms with Crippen molar-refractivity contribution in [2.24, 2.45) is 0 Å². The smallest absolute Gasteiger partial charge is 0.267 e. The highest BCUT2D eigenvalue weighted by Crippen LogP contribution is 2.08. The van der Waals surface area contributed by atoms with Crippen molar-refractivity contribution in [3.8, 4) is 6.19 Å². The van der Waals surface area contributed by atoms with Crippen molar-refractivity contribution in [3.63, 3.8) is 0 Å². The zero-order valence-corrected chi connectivity index (χ0v) is 6.34. The molecule has 1 rings (SSSR count). The van der Waals surface area contributed by atoms with Crippen molar-refractivity contribution in [1.29, 1.82) is 5.26 Å². The van der Waals surface area contributed by atoms with Crippen LogP contribution < -0.4 is 5.32 Å². The summed E-state index contributed by atoms with van der Waals surface area (Å²) in [6, 6.07) is 2.49. The monoisotopic (exact) mass is 182 g/mol. The minimum Gasteiger partial charge on any atom is -0.268 e. The SMILES string of the molecule is N#CNC(=O)c1ccc(F)cc1F. The topological polar surface area (TPSA) is 52.9 Å². The van der Waals surface area contributed by atoms with Crippen LogP contribution in [0.25, 0.3) is 0 Å². The molecule has 0 spiro atoms. The second kappa shape index (κ2) is 3.63. The third kappa shape index (κ3) is 1.99. The summed E-state index contributed by atoms with van der Waals surface area (Å²) in [5, 5.41) is 9.79. The minimum absolute atomic E-state index is 0.358. The summed E-state index contributed by atoms with van der Waals surface area (Å²) in [6.07, 6.45) is 1.35. The standard InChI is InChI=1S/C8H4F2N2O/c9-5-1-2-6(7(10)3-5)8(13)12-4-11/h1-3H,(H,12,13). The van der Waals surface area contributed by atoms with E-state index in [4.69, 9.17) is 5.26 Å². The Bertz CT molecular complexity index is 384. The molecule has 0 heterocycles. The molecular formula is C8H4F2N2O. The molecule has 1 aromatic rings. The molecular weight excluding hydrogens is 178 g/mol. The Morgan fingerprint density at radius 3 is 2.69 bits per heavy atom. The van der Waals surface area contributed by atoms with Crippen LogP contribution in [0.1, 0.15) is 10.4 Å². The number of hydrogen-bond donors (Lipinski definition) is 1. The van der Waals surface area contributed by atoms with Gasteiger partial charge in [0.2, 0.25) is 0 Å². The van der Waals surface area contributed by atoms with Crippen molar-refractivity contribution in [1.82, 2.24) is 5.32 Å². The maximum Gasteiger partial charge on any atom is 0.267 e. The van der Waals surface area contributed by atoms with Gasteiger partial charge in [-0.15, -0.1) is 0 Å². The zero-order chi connectivity index (χ0) is 9.84. The summed E-state index contributed by atoms with van der Waals surface area (Å²) in [5.41, 5.74) is -0.358. The normalized spacial score (nSPS) is 9.00. The molecule has 5 heteroatoms. The number of benzene rings is 1. The van der Waals surface area contributed by atoms with Crippen LogP contribution in [0, 0.1) is 23.1 Å². The average Bonchev–Trinajstić information content (AvgIpc) is 2.04. The number of halogens is 2. The Morgan fingerprint density at radius 1 is 1.46 bits per heavy atom. The predicted molar refractivity (Wildman–Crippen MR) is 39.4 cm³/mol. The molecule has 0 aliphatic heterocycles. The van der Waals surface area contributed by atoms with Crippen molar-refractivity contribution in [2.75, 3.05) is 0 Å². The van der Waals surface area contributed by atoms with Crippen molar-refractivity contribution in [2.45, 2.75) is 0 Å². The van der Waals surface area contributed by atoms with Gasteiger partial charge in [0.1, 0.15) is 11.6 Å². The number of rotatable bonds is 1. The van der Waals surface area contributed by atoms with Gasteiger partial charge < -0.3 is 0 Å². The van der Waals surface area contributed by atoms with E-state index in [1.807, 2.05) is 0 Å². The average molecular weight is 182 g/mol. The van der Waals surface area contributed by atoms with Gasteiger partial charge in [0.25, 0.3) is 5.91 Å². The van der Waals surface area contributed by atoms with Crippen molar-refractivity contribution >= 4 is 5.91 Å². The van der Waals surface area contributed by atoms with Gasteiger partial charge in [-0.1, -0.05) is 0 Å². The summed E-state index contributed by atoms with van der Waals surface area (Å²) in [4.78, 5) is 10.9. The van der Waals surface area contributed by atoms with Crippen LogP contribution in [0.4, 0.5) is 8.78 Å². The lowest BCUT2D eigenvalue weighted by atomic mass is 10.2. The molecule has 0 unspecified atom stereocenters. The van der Waals surface area contributed by atoms with Crippen LogP contribution in [0.15, 0.2) is 18.2 Å². The van der Waals surface area contributed by atoms with Gasteiger partial charge in [-0.2, -0.15) is 5.26 Å². The third-order valence-corrected chi connectivity index (χ3v) is 1.35. The van der Waals surface area contributed by atoms with E-state index in [1.54, 1.807) is 5.32 Å². The maximum atomic E-state index is 12.8. The molecule has 0 atom stereocenters. The van der Waals surface area contributed by atoms with Crippen molar-refractivity contribution in [3.05, 3.63) is 35.4 Å². The first-order valence-corrected chi connectivity index (χ1v) is 3.29. The van der Waals surface area contributed by atoms with Crippen LogP contribution in [0.5, 0.6) is 0 Å². The largest absolute Gasteiger partial charge is 0.268 e. The fourth-order valence-corrected chi connectivity index (χ4v) is 0.792. The van der Waals surface area contributed by atoms with Gasteiger partial charge >= 0.3 is 0 Å². The summed E-state index contributed by atoms with van der Waals surface area (Å²) in [7, 11) is 0. The number of nitriles is 1. The summed E-state index contributed by atoms with van der Waals surface area (Å²) < 4.78 is 25.2. The number of nitrogens with zero attached hydrogens (tertiary/aromatic N) is 1. The lowest BCUT2D eigenvalue weighted by Crippen LogP contribution is -2.18. The maximum absolute atomic E-state index is 12.8. The molecule has 0 fully saturated rings. The highest BCUT2D eigenvalue weighted by molar-refractivity contribution is 5.95. The van der Waals surface area contributed by atoms with Crippen LogP contribution in [0.3, 0.4) is 0 Å². The summed E-state index contributed by atoms with van der Waals surface area (Å²) in [5.74, 6) is -2.65. The van der Waals surface area contributed by atoms with E-state index in [2.05, 4.69) is 0 Å². The lowest BCUT2D eigenvalue weighted by Gasteiger charge is -1.98. The van der Waals surface area contributed by atoms with Crippen LogP contribution in [-0.4, -0.2) is 5.91 Å². The molecule has 0 saturated carbocycles. The Morgan fingerprint density at radius 2 is 2.15 bits per heavy atom. The van der Waals surface area contributed by atoms with Crippen molar-refractivity contribution < 1.29 is 13.6 Å². The van der Waals surface area contributed by atoms with E-state index in [9.17, 15) is 13.6 Å². The number of nitrogens with one attached hydrogen (secondary N) is 1. The molecule has 0 saturated heterocycles. The molecule has 0 aliphatic carbocycles. The highest BCUT2D eigenvalue weighted by atomic mass is 19.1. The van der Waals surface area contributed by atoms with Gasteiger partial charge in [0, 0.05) is 6.07 Å². The third-order valence-electron chi connectivity index (χ3n) is 1.35. The molecule has 0 aromatic heterocycles. The Hall–Kier alpha value is -1.96. The number of carbonyl (C=O) groups excluding carboxylic acids is 1. The van der Waals surface area contributed by atoms with E-state index in [-0.39, 0.29) is 5.56 Å². The molecule has 0 radical (unpaired) electrons. The molecule has 1 aromatic carbocycles. The van der Waals surface area contributed by atoms with Gasteiger partial charge in [-0.25, -0.2) is 8.78 Å². The number of carbonyl (C=O) groups is 1. The fraction of sp³-hybridized carbons (Fsp3) is 0. The first-order chi connectivity index (χ1) is 6.15. The van der Waals surface area contributed by atoms with Crippen LogP contribution in [0.2, 0.25) is 0 Å². The molecule has 1 amide bonds.